The van der Waals surface area contributed by atoms with E-state index in [1.165, 1.54) is 55.9 Å². The standard InChI is InChI=1S/C30H28O2/c1-3-5-7-23-15-21-13-19-9-11-26-25(27(19)17-29(21)31-23)12-10-20-14-22-16-24(8-6-4-2)32-30(22)18-28(20)26/h9-18H,3-8H2,1-2H3. The molecule has 0 fully saturated rings. The summed E-state index contributed by atoms with van der Waals surface area (Å²) < 4.78 is 12.4. The zero-order valence-corrected chi connectivity index (χ0v) is 18.8. The largest absolute Gasteiger partial charge is 0.461 e. The van der Waals surface area contributed by atoms with Crippen LogP contribution in [0.15, 0.2) is 69.5 Å². The highest BCUT2D eigenvalue weighted by Gasteiger charge is 2.11. The van der Waals surface area contributed by atoms with E-state index in [0.29, 0.717) is 0 Å². The van der Waals surface area contributed by atoms with Crippen LogP contribution in [0.4, 0.5) is 0 Å². The average Bonchev–Trinajstić information content (AvgIpc) is 3.40. The van der Waals surface area contributed by atoms with Crippen molar-refractivity contribution in [2.75, 3.05) is 0 Å². The van der Waals surface area contributed by atoms with Gasteiger partial charge in [0.2, 0.25) is 0 Å². The first-order valence-electron chi connectivity index (χ1n) is 12.0. The van der Waals surface area contributed by atoms with Crippen LogP contribution in [0.2, 0.25) is 0 Å². The zero-order valence-electron chi connectivity index (χ0n) is 18.8. The number of hydrogen-bond donors (Lipinski definition) is 0. The quantitative estimate of drug-likeness (QED) is 0.251. The maximum absolute atomic E-state index is 6.19. The van der Waals surface area contributed by atoms with E-state index in [0.717, 1.165) is 48.4 Å². The van der Waals surface area contributed by atoms with Crippen LogP contribution in [0.1, 0.15) is 51.1 Å². The second-order valence-electron chi connectivity index (χ2n) is 9.08. The van der Waals surface area contributed by atoms with Gasteiger partial charge >= 0.3 is 0 Å². The molecule has 0 spiro atoms. The van der Waals surface area contributed by atoms with Gasteiger partial charge in [0, 0.05) is 23.6 Å². The zero-order chi connectivity index (χ0) is 21.7. The number of hydrogen-bond acceptors (Lipinski definition) is 2. The maximum atomic E-state index is 6.19. The normalized spacial score (nSPS) is 12.2. The summed E-state index contributed by atoms with van der Waals surface area (Å²) in [4.78, 5) is 0. The number of fused-ring (bicyclic) bond motifs is 7. The lowest BCUT2D eigenvalue weighted by atomic mass is 9.96. The first-order valence-corrected chi connectivity index (χ1v) is 12.0. The molecule has 0 saturated heterocycles. The topological polar surface area (TPSA) is 26.3 Å². The number of rotatable bonds is 6. The van der Waals surface area contributed by atoms with E-state index < -0.39 is 0 Å². The number of furan rings is 2. The van der Waals surface area contributed by atoms with Crippen LogP contribution in [0.3, 0.4) is 0 Å². The number of aryl methyl sites for hydroxylation is 2. The second-order valence-corrected chi connectivity index (χ2v) is 9.08. The van der Waals surface area contributed by atoms with Gasteiger partial charge in [-0.3, -0.25) is 0 Å². The Hall–Kier alpha value is -3.26. The van der Waals surface area contributed by atoms with Crippen molar-refractivity contribution in [3.8, 4) is 0 Å². The van der Waals surface area contributed by atoms with E-state index in [2.05, 4.69) is 74.5 Å². The van der Waals surface area contributed by atoms with Crippen LogP contribution < -0.4 is 0 Å². The summed E-state index contributed by atoms with van der Waals surface area (Å²) in [6, 6.07) is 22.4. The molecule has 32 heavy (non-hydrogen) atoms. The Bertz CT molecular complexity index is 1470. The molecule has 2 aromatic heterocycles. The summed E-state index contributed by atoms with van der Waals surface area (Å²) in [7, 11) is 0. The van der Waals surface area contributed by atoms with Crippen molar-refractivity contribution in [2.24, 2.45) is 0 Å². The van der Waals surface area contributed by atoms with E-state index >= 15 is 0 Å². The fourth-order valence-electron chi connectivity index (χ4n) is 5.01. The van der Waals surface area contributed by atoms with Crippen LogP contribution in [-0.4, -0.2) is 0 Å². The summed E-state index contributed by atoms with van der Waals surface area (Å²) in [5, 5.41) is 9.93. The Kier molecular flexibility index (Phi) is 4.68. The Balaban J connectivity index is 1.54. The predicted molar refractivity (Wildman–Crippen MR) is 136 cm³/mol. The molecular weight excluding hydrogens is 392 g/mol. The van der Waals surface area contributed by atoms with Crippen LogP contribution in [-0.2, 0) is 12.8 Å². The molecule has 0 amide bonds. The van der Waals surface area contributed by atoms with Gasteiger partial charge in [0.05, 0.1) is 0 Å². The van der Waals surface area contributed by atoms with Gasteiger partial charge in [0.25, 0.3) is 0 Å². The first-order chi connectivity index (χ1) is 15.7. The van der Waals surface area contributed by atoms with Gasteiger partial charge in [-0.1, -0.05) is 51.0 Å². The number of unbranched alkanes of at least 4 members (excludes halogenated alkanes) is 2. The van der Waals surface area contributed by atoms with Crippen LogP contribution in [0.25, 0.3) is 54.3 Å². The van der Waals surface area contributed by atoms with Gasteiger partial charge in [0.15, 0.2) is 0 Å². The lowest BCUT2D eigenvalue weighted by Crippen LogP contribution is -1.81. The van der Waals surface area contributed by atoms with Crippen molar-refractivity contribution in [2.45, 2.75) is 52.4 Å². The molecule has 0 N–H and O–H groups in total. The molecule has 0 aliphatic heterocycles. The third-order valence-electron chi connectivity index (χ3n) is 6.76. The predicted octanol–water partition coefficient (Wildman–Crippen LogP) is 9.32. The lowest BCUT2D eigenvalue weighted by molar-refractivity contribution is 0.536. The molecule has 0 aliphatic carbocycles. The summed E-state index contributed by atoms with van der Waals surface area (Å²) in [6.45, 7) is 4.44. The third kappa shape index (κ3) is 3.17. The summed E-state index contributed by atoms with van der Waals surface area (Å²) in [6.07, 6.45) is 6.70. The third-order valence-corrected chi connectivity index (χ3v) is 6.76. The molecular formula is C30H28O2. The molecule has 0 unspecified atom stereocenters. The molecule has 6 aromatic rings. The highest BCUT2D eigenvalue weighted by Crippen LogP contribution is 2.36. The summed E-state index contributed by atoms with van der Waals surface area (Å²) in [5.74, 6) is 2.18. The van der Waals surface area contributed by atoms with Gasteiger partial charge in [0.1, 0.15) is 22.7 Å². The van der Waals surface area contributed by atoms with Gasteiger partial charge in [-0.2, -0.15) is 0 Å². The molecule has 160 valence electrons. The smallest absolute Gasteiger partial charge is 0.134 e. The van der Waals surface area contributed by atoms with Crippen molar-refractivity contribution >= 4 is 54.3 Å². The molecule has 0 saturated carbocycles. The van der Waals surface area contributed by atoms with Crippen molar-refractivity contribution in [1.82, 2.24) is 0 Å². The van der Waals surface area contributed by atoms with E-state index in [1.807, 2.05) is 0 Å². The van der Waals surface area contributed by atoms with Gasteiger partial charge in [-0.15, -0.1) is 0 Å². The van der Waals surface area contributed by atoms with E-state index in [4.69, 9.17) is 8.83 Å². The van der Waals surface area contributed by atoms with Crippen LogP contribution in [0.5, 0.6) is 0 Å². The fourth-order valence-corrected chi connectivity index (χ4v) is 5.01. The number of benzene rings is 4. The minimum absolute atomic E-state index is 0.984. The van der Waals surface area contributed by atoms with Gasteiger partial charge in [-0.25, -0.2) is 0 Å². The van der Waals surface area contributed by atoms with E-state index in [-0.39, 0.29) is 0 Å². The van der Waals surface area contributed by atoms with Crippen LogP contribution in [0, 0.1) is 0 Å². The van der Waals surface area contributed by atoms with Gasteiger partial charge in [-0.05, 0) is 81.6 Å². The fraction of sp³-hybridized carbons (Fsp3) is 0.267. The monoisotopic (exact) mass is 420 g/mol. The Labute approximate surface area is 187 Å². The summed E-state index contributed by atoms with van der Waals surface area (Å²) in [5.41, 5.74) is 1.97. The van der Waals surface area contributed by atoms with E-state index in [1.54, 1.807) is 0 Å². The van der Waals surface area contributed by atoms with Crippen molar-refractivity contribution in [3.05, 3.63) is 72.2 Å². The second kappa shape index (κ2) is 7.70. The van der Waals surface area contributed by atoms with E-state index in [9.17, 15) is 0 Å². The van der Waals surface area contributed by atoms with Crippen molar-refractivity contribution in [1.29, 1.82) is 0 Å². The molecule has 4 aromatic carbocycles. The minimum Gasteiger partial charge on any atom is -0.461 e. The Morgan fingerprint density at radius 1 is 0.500 bits per heavy atom. The van der Waals surface area contributed by atoms with Crippen molar-refractivity contribution in [3.63, 3.8) is 0 Å². The first kappa shape index (κ1) is 19.4. The molecule has 2 heteroatoms. The average molecular weight is 421 g/mol. The van der Waals surface area contributed by atoms with Gasteiger partial charge < -0.3 is 8.83 Å². The molecule has 2 heterocycles. The summed E-state index contributed by atoms with van der Waals surface area (Å²) >= 11 is 0. The molecule has 2 nitrogen and oxygen atoms in total. The molecule has 0 aliphatic rings. The lowest BCUT2D eigenvalue weighted by Gasteiger charge is -2.08. The maximum Gasteiger partial charge on any atom is 0.134 e. The highest BCUT2D eigenvalue weighted by atomic mass is 16.3. The van der Waals surface area contributed by atoms with Crippen molar-refractivity contribution < 1.29 is 8.83 Å². The Morgan fingerprint density at radius 2 is 0.969 bits per heavy atom. The Morgan fingerprint density at radius 3 is 1.41 bits per heavy atom. The molecule has 0 bridgehead atoms. The molecule has 0 radical (unpaired) electrons. The highest BCUT2D eigenvalue weighted by molar-refractivity contribution is 6.20. The SMILES string of the molecule is CCCCc1cc2cc3ccc4c5cc6oc(CCCC)cc6cc5ccc4c3cc2o1. The van der Waals surface area contributed by atoms with Crippen LogP contribution >= 0.6 is 0 Å². The molecule has 6 rings (SSSR count). The minimum atomic E-state index is 0.984. The molecule has 0 atom stereocenters.